The molecular formula is C19H23N5O3. The Morgan fingerprint density at radius 3 is 2.56 bits per heavy atom. The van der Waals surface area contributed by atoms with Gasteiger partial charge in [0.1, 0.15) is 6.54 Å². The zero-order valence-corrected chi connectivity index (χ0v) is 15.2. The summed E-state index contributed by atoms with van der Waals surface area (Å²) in [5, 5.41) is 6.69. The van der Waals surface area contributed by atoms with E-state index in [0.29, 0.717) is 12.1 Å². The first kappa shape index (κ1) is 18.7. The molecule has 1 fully saturated rings. The van der Waals surface area contributed by atoms with Crippen LogP contribution in [0.1, 0.15) is 0 Å². The number of anilines is 3. The predicted octanol–water partition coefficient (Wildman–Crippen LogP) is 1.37. The second-order valence-electron chi connectivity index (χ2n) is 6.06. The monoisotopic (exact) mass is 369 g/mol. The summed E-state index contributed by atoms with van der Waals surface area (Å²) in [6, 6.07) is 11.4. The van der Waals surface area contributed by atoms with Crippen molar-refractivity contribution in [1.82, 2.24) is 9.99 Å². The third kappa shape index (κ3) is 4.53. The lowest BCUT2D eigenvalue weighted by molar-refractivity contribution is -0.139. The first-order chi connectivity index (χ1) is 13.2. The minimum absolute atomic E-state index is 0.0727. The average molecular weight is 369 g/mol. The molecule has 1 saturated heterocycles. The normalized spacial score (nSPS) is 14.5. The Bertz CT molecular complexity index is 763. The number of amides is 1. The first-order valence-electron chi connectivity index (χ1n) is 8.76. The number of aromatic nitrogens is 1. The van der Waals surface area contributed by atoms with Gasteiger partial charge in [0.25, 0.3) is 0 Å². The molecule has 1 aromatic carbocycles. The second kappa shape index (κ2) is 9.00. The number of esters is 1. The summed E-state index contributed by atoms with van der Waals surface area (Å²) in [4.78, 5) is 29.3. The number of hydrogen-bond acceptors (Lipinski definition) is 7. The van der Waals surface area contributed by atoms with Gasteiger partial charge in [0.15, 0.2) is 0 Å². The molecule has 1 aromatic heterocycles. The van der Waals surface area contributed by atoms with Gasteiger partial charge in [-0.25, -0.2) is 5.01 Å². The van der Waals surface area contributed by atoms with Crippen molar-refractivity contribution in [3.63, 3.8) is 0 Å². The Morgan fingerprint density at radius 2 is 1.89 bits per heavy atom. The SMILES string of the molecule is COC(=O)CN(c1ccccc1NC=O)N1CCN(c2ccncc2)CC1. The van der Waals surface area contributed by atoms with E-state index < -0.39 is 0 Å². The van der Waals surface area contributed by atoms with E-state index in [1.165, 1.54) is 7.11 Å². The van der Waals surface area contributed by atoms with Gasteiger partial charge in [-0.3, -0.25) is 19.6 Å². The zero-order valence-electron chi connectivity index (χ0n) is 15.2. The highest BCUT2D eigenvalue weighted by Crippen LogP contribution is 2.27. The molecule has 0 atom stereocenters. The summed E-state index contributed by atoms with van der Waals surface area (Å²) >= 11 is 0. The Balaban J connectivity index is 1.78. The van der Waals surface area contributed by atoms with E-state index in [0.717, 1.165) is 37.6 Å². The van der Waals surface area contributed by atoms with E-state index in [1.807, 2.05) is 35.3 Å². The number of para-hydroxylation sites is 2. The number of rotatable bonds is 7. The molecule has 0 unspecified atom stereocenters. The Morgan fingerprint density at radius 1 is 1.19 bits per heavy atom. The summed E-state index contributed by atoms with van der Waals surface area (Å²) in [7, 11) is 1.37. The minimum Gasteiger partial charge on any atom is -0.468 e. The fourth-order valence-corrected chi connectivity index (χ4v) is 3.16. The summed E-state index contributed by atoms with van der Waals surface area (Å²) in [5.41, 5.74) is 2.53. The molecule has 8 heteroatoms. The summed E-state index contributed by atoms with van der Waals surface area (Å²) < 4.78 is 4.87. The van der Waals surface area contributed by atoms with Crippen molar-refractivity contribution >= 4 is 29.4 Å². The number of nitrogens with zero attached hydrogens (tertiary/aromatic N) is 4. The van der Waals surface area contributed by atoms with Gasteiger partial charge in [0, 0.05) is 44.3 Å². The van der Waals surface area contributed by atoms with Gasteiger partial charge < -0.3 is 15.0 Å². The quantitative estimate of drug-likeness (QED) is 0.583. The van der Waals surface area contributed by atoms with Gasteiger partial charge in [-0.05, 0) is 24.3 Å². The lowest BCUT2D eigenvalue weighted by Gasteiger charge is -2.42. The maximum atomic E-state index is 12.0. The third-order valence-electron chi connectivity index (χ3n) is 4.53. The van der Waals surface area contributed by atoms with Gasteiger partial charge in [0.2, 0.25) is 6.41 Å². The van der Waals surface area contributed by atoms with Crippen molar-refractivity contribution in [2.45, 2.75) is 0 Å². The van der Waals surface area contributed by atoms with Crippen LogP contribution in [0.25, 0.3) is 0 Å². The molecular weight excluding hydrogens is 346 g/mol. The maximum absolute atomic E-state index is 12.0. The average Bonchev–Trinajstić information content (AvgIpc) is 2.73. The molecule has 2 aromatic rings. The number of pyridine rings is 1. The topological polar surface area (TPSA) is 78.0 Å². The van der Waals surface area contributed by atoms with Crippen LogP contribution in [0, 0.1) is 0 Å². The van der Waals surface area contributed by atoms with Gasteiger partial charge in [-0.15, -0.1) is 0 Å². The second-order valence-corrected chi connectivity index (χ2v) is 6.06. The van der Waals surface area contributed by atoms with Crippen molar-refractivity contribution in [3.05, 3.63) is 48.8 Å². The van der Waals surface area contributed by atoms with Crippen molar-refractivity contribution in [3.8, 4) is 0 Å². The molecule has 0 aliphatic carbocycles. The van der Waals surface area contributed by atoms with E-state index in [9.17, 15) is 9.59 Å². The number of hydrogen-bond donors (Lipinski definition) is 1. The highest BCUT2D eigenvalue weighted by molar-refractivity contribution is 5.84. The number of nitrogens with one attached hydrogen (secondary N) is 1. The number of ether oxygens (including phenoxy) is 1. The van der Waals surface area contributed by atoms with Crippen molar-refractivity contribution in [2.75, 3.05) is 55.1 Å². The summed E-state index contributed by atoms with van der Waals surface area (Å²) in [6.07, 6.45) is 4.20. The number of methoxy groups -OCH3 is 1. The fourth-order valence-electron chi connectivity index (χ4n) is 3.16. The summed E-state index contributed by atoms with van der Waals surface area (Å²) in [6.45, 7) is 3.16. The van der Waals surface area contributed by atoms with Crippen molar-refractivity contribution < 1.29 is 14.3 Å². The Hall–Kier alpha value is -3.13. The molecule has 3 rings (SSSR count). The molecule has 8 nitrogen and oxygen atoms in total. The molecule has 27 heavy (non-hydrogen) atoms. The van der Waals surface area contributed by atoms with Crippen LogP contribution in [0.4, 0.5) is 17.1 Å². The molecule has 142 valence electrons. The standard InChI is InChI=1S/C19H23N5O3/c1-27-19(26)14-24(18-5-3-2-4-17(18)21-15-25)23-12-10-22(11-13-23)16-6-8-20-9-7-16/h2-9,15H,10-14H2,1H3,(H,21,25). The van der Waals surface area contributed by atoms with Crippen LogP contribution in [-0.4, -0.2) is 62.2 Å². The molecule has 0 spiro atoms. The van der Waals surface area contributed by atoms with Crippen LogP contribution < -0.4 is 15.2 Å². The lowest BCUT2D eigenvalue weighted by Crippen LogP contribution is -2.55. The molecule has 1 aliphatic heterocycles. The van der Waals surface area contributed by atoms with Crippen molar-refractivity contribution in [2.24, 2.45) is 0 Å². The number of carbonyl (C=O) groups is 2. The maximum Gasteiger partial charge on any atom is 0.326 e. The largest absolute Gasteiger partial charge is 0.468 e. The van der Waals surface area contributed by atoms with E-state index in [-0.39, 0.29) is 12.5 Å². The number of piperazine rings is 1. The van der Waals surface area contributed by atoms with Crippen LogP contribution in [0.3, 0.4) is 0 Å². The zero-order chi connectivity index (χ0) is 19.1. The fraction of sp³-hybridized carbons (Fsp3) is 0.316. The molecule has 0 radical (unpaired) electrons. The van der Waals surface area contributed by atoms with E-state index in [2.05, 4.69) is 20.2 Å². The molecule has 0 bridgehead atoms. The van der Waals surface area contributed by atoms with Gasteiger partial charge in [-0.1, -0.05) is 12.1 Å². The van der Waals surface area contributed by atoms with Crippen LogP contribution in [0.2, 0.25) is 0 Å². The van der Waals surface area contributed by atoms with E-state index in [4.69, 9.17) is 4.74 Å². The smallest absolute Gasteiger partial charge is 0.326 e. The molecule has 1 amide bonds. The molecule has 2 heterocycles. The van der Waals surface area contributed by atoms with Crippen LogP contribution in [0.5, 0.6) is 0 Å². The Kier molecular flexibility index (Phi) is 6.22. The predicted molar refractivity (Wildman–Crippen MR) is 104 cm³/mol. The van der Waals surface area contributed by atoms with Crippen LogP contribution in [0.15, 0.2) is 48.8 Å². The third-order valence-corrected chi connectivity index (χ3v) is 4.53. The molecule has 0 saturated carbocycles. The van der Waals surface area contributed by atoms with Gasteiger partial charge in [0.05, 0.1) is 18.5 Å². The highest BCUT2D eigenvalue weighted by atomic mass is 16.5. The first-order valence-corrected chi connectivity index (χ1v) is 8.76. The van der Waals surface area contributed by atoms with Gasteiger partial charge >= 0.3 is 5.97 Å². The highest BCUT2D eigenvalue weighted by Gasteiger charge is 2.26. The minimum atomic E-state index is -0.340. The molecule has 1 N–H and O–H groups in total. The van der Waals surface area contributed by atoms with Crippen LogP contribution in [-0.2, 0) is 14.3 Å². The Labute approximate surface area is 158 Å². The van der Waals surface area contributed by atoms with Gasteiger partial charge in [-0.2, -0.15) is 0 Å². The van der Waals surface area contributed by atoms with E-state index >= 15 is 0 Å². The number of hydrazine groups is 1. The molecule has 1 aliphatic rings. The number of benzene rings is 1. The van der Waals surface area contributed by atoms with Crippen molar-refractivity contribution in [1.29, 1.82) is 0 Å². The van der Waals surface area contributed by atoms with E-state index in [1.54, 1.807) is 18.5 Å². The summed E-state index contributed by atoms with van der Waals surface area (Å²) in [5.74, 6) is -0.340. The lowest BCUT2D eigenvalue weighted by atomic mass is 10.2. The number of carbonyl (C=O) groups excluding carboxylic acids is 2. The van der Waals surface area contributed by atoms with Crippen LogP contribution >= 0.6 is 0 Å².